The van der Waals surface area contributed by atoms with Crippen molar-refractivity contribution in [2.45, 2.75) is 4.90 Å². The molecule has 110 valence electrons. The van der Waals surface area contributed by atoms with Crippen LogP contribution >= 0.6 is 0 Å². The number of nitrogens with zero attached hydrogens (tertiary/aromatic N) is 1. The number of aromatic nitrogens is 1. The number of pyridine rings is 1. The second kappa shape index (κ2) is 5.53. The molecular weight excluding hydrogens is 292 g/mol. The molecule has 0 aliphatic rings. The van der Waals surface area contributed by atoms with Crippen molar-refractivity contribution >= 4 is 21.4 Å². The van der Waals surface area contributed by atoms with Crippen molar-refractivity contribution < 1.29 is 13.2 Å². The Kier molecular flexibility index (Phi) is 3.95. The average molecular weight is 306 g/mol. The first-order chi connectivity index (χ1) is 9.77. The first kappa shape index (κ1) is 15.0. The summed E-state index contributed by atoms with van der Waals surface area (Å²) >= 11 is 0. The quantitative estimate of drug-likeness (QED) is 0.918. The standard InChI is InChI=1S/C14H14N2O4S/c1-16-8-7-10(9-13(16)17)14(18)15-11-3-5-12(6-4-11)21(2,19)20/h3-9H,1-2H3,(H,15,18). The van der Waals surface area contributed by atoms with Gasteiger partial charge in [-0.3, -0.25) is 9.59 Å². The predicted octanol–water partition coefficient (Wildman–Crippen LogP) is 1.04. The number of amides is 1. The van der Waals surface area contributed by atoms with Crippen LogP contribution in [0.5, 0.6) is 0 Å². The van der Waals surface area contributed by atoms with Gasteiger partial charge in [-0.2, -0.15) is 0 Å². The van der Waals surface area contributed by atoms with Gasteiger partial charge in [-0.15, -0.1) is 0 Å². The molecular formula is C14H14N2O4S. The summed E-state index contributed by atoms with van der Waals surface area (Å²) < 4.78 is 24.0. The largest absolute Gasteiger partial charge is 0.322 e. The van der Waals surface area contributed by atoms with E-state index in [1.54, 1.807) is 7.05 Å². The molecule has 0 saturated carbocycles. The molecule has 0 bridgehead atoms. The summed E-state index contributed by atoms with van der Waals surface area (Å²) in [6, 6.07) is 8.58. The van der Waals surface area contributed by atoms with E-state index in [9.17, 15) is 18.0 Å². The minimum absolute atomic E-state index is 0.175. The summed E-state index contributed by atoms with van der Waals surface area (Å²) in [5.74, 6) is -0.431. The molecule has 0 atom stereocenters. The van der Waals surface area contributed by atoms with E-state index < -0.39 is 15.7 Å². The maximum Gasteiger partial charge on any atom is 0.255 e. The monoisotopic (exact) mass is 306 g/mol. The molecule has 7 heteroatoms. The van der Waals surface area contributed by atoms with Crippen molar-refractivity contribution in [2.24, 2.45) is 7.05 Å². The Morgan fingerprint density at radius 1 is 1.14 bits per heavy atom. The highest BCUT2D eigenvalue weighted by atomic mass is 32.2. The van der Waals surface area contributed by atoms with Crippen molar-refractivity contribution in [1.29, 1.82) is 0 Å². The zero-order valence-corrected chi connectivity index (χ0v) is 12.3. The molecule has 0 aliphatic heterocycles. The van der Waals surface area contributed by atoms with Gasteiger partial charge in [-0.25, -0.2) is 8.42 Å². The molecule has 2 rings (SSSR count). The zero-order chi connectivity index (χ0) is 15.6. The number of carbonyl (C=O) groups excluding carboxylic acids is 1. The van der Waals surface area contributed by atoms with Crippen LogP contribution in [0.25, 0.3) is 0 Å². The van der Waals surface area contributed by atoms with Crippen molar-refractivity contribution in [2.75, 3.05) is 11.6 Å². The average Bonchev–Trinajstić information content (AvgIpc) is 2.41. The molecule has 1 heterocycles. The third kappa shape index (κ3) is 3.57. The van der Waals surface area contributed by atoms with Crippen LogP contribution in [0, 0.1) is 0 Å². The van der Waals surface area contributed by atoms with Gasteiger partial charge in [-0.1, -0.05) is 0 Å². The maximum atomic E-state index is 12.0. The van der Waals surface area contributed by atoms with Gasteiger partial charge >= 0.3 is 0 Å². The lowest BCUT2D eigenvalue weighted by atomic mass is 10.2. The zero-order valence-electron chi connectivity index (χ0n) is 11.5. The molecule has 1 aromatic heterocycles. The Morgan fingerprint density at radius 3 is 2.29 bits per heavy atom. The third-order valence-electron chi connectivity index (χ3n) is 2.91. The molecule has 0 radical (unpaired) electrons. The van der Waals surface area contributed by atoms with E-state index in [1.165, 1.54) is 47.2 Å². The fraction of sp³-hybridized carbons (Fsp3) is 0.143. The van der Waals surface area contributed by atoms with E-state index in [0.29, 0.717) is 5.69 Å². The van der Waals surface area contributed by atoms with Crippen LogP contribution in [0.2, 0.25) is 0 Å². The number of benzene rings is 1. The van der Waals surface area contributed by atoms with E-state index in [0.717, 1.165) is 6.26 Å². The molecule has 6 nitrogen and oxygen atoms in total. The van der Waals surface area contributed by atoms with E-state index >= 15 is 0 Å². The topological polar surface area (TPSA) is 85.2 Å². The Hall–Kier alpha value is -2.41. The summed E-state index contributed by atoms with van der Waals surface area (Å²) in [7, 11) is -1.68. The van der Waals surface area contributed by atoms with E-state index in [-0.39, 0.29) is 16.0 Å². The second-order valence-corrected chi connectivity index (χ2v) is 6.63. The lowest BCUT2D eigenvalue weighted by molar-refractivity contribution is 0.102. The molecule has 0 fully saturated rings. The Balaban J connectivity index is 2.20. The molecule has 1 N–H and O–H groups in total. The van der Waals surface area contributed by atoms with E-state index in [4.69, 9.17) is 0 Å². The van der Waals surface area contributed by atoms with Gasteiger partial charge in [0, 0.05) is 36.8 Å². The van der Waals surface area contributed by atoms with Gasteiger partial charge in [0.2, 0.25) is 0 Å². The number of aryl methyl sites for hydroxylation is 1. The number of anilines is 1. The molecule has 2 aromatic rings. The lowest BCUT2D eigenvalue weighted by Crippen LogP contribution is -2.19. The van der Waals surface area contributed by atoms with E-state index in [2.05, 4.69) is 5.32 Å². The molecule has 1 amide bonds. The summed E-state index contributed by atoms with van der Waals surface area (Å²) in [5, 5.41) is 2.60. The fourth-order valence-electron chi connectivity index (χ4n) is 1.68. The number of carbonyl (C=O) groups is 1. The smallest absolute Gasteiger partial charge is 0.255 e. The van der Waals surface area contributed by atoms with Gasteiger partial charge in [-0.05, 0) is 30.3 Å². The highest BCUT2D eigenvalue weighted by Gasteiger charge is 2.09. The van der Waals surface area contributed by atoms with Gasteiger partial charge in [0.25, 0.3) is 11.5 Å². The Labute approximate surface area is 122 Å². The predicted molar refractivity (Wildman–Crippen MR) is 79.2 cm³/mol. The van der Waals surface area contributed by atoms with Gasteiger partial charge in [0.15, 0.2) is 9.84 Å². The van der Waals surface area contributed by atoms with Crippen molar-refractivity contribution in [3.63, 3.8) is 0 Å². The van der Waals surface area contributed by atoms with Crippen LogP contribution in [0.15, 0.2) is 52.3 Å². The van der Waals surface area contributed by atoms with Crippen LogP contribution in [-0.4, -0.2) is 25.1 Å². The van der Waals surface area contributed by atoms with E-state index in [1.807, 2.05) is 0 Å². The number of hydrogen-bond acceptors (Lipinski definition) is 4. The normalized spacial score (nSPS) is 11.1. The number of sulfone groups is 1. The number of hydrogen-bond donors (Lipinski definition) is 1. The number of nitrogens with one attached hydrogen (secondary N) is 1. The summed E-state index contributed by atoms with van der Waals surface area (Å²) in [6.45, 7) is 0. The van der Waals surface area contributed by atoms with Crippen LogP contribution in [-0.2, 0) is 16.9 Å². The van der Waals surface area contributed by atoms with Crippen LogP contribution in [0.1, 0.15) is 10.4 Å². The molecule has 0 unspecified atom stereocenters. The molecule has 21 heavy (non-hydrogen) atoms. The Bertz CT molecular complexity index is 836. The van der Waals surface area contributed by atoms with Crippen LogP contribution in [0.4, 0.5) is 5.69 Å². The summed E-state index contributed by atoms with van der Waals surface area (Å²) in [5.41, 5.74) is 0.411. The minimum atomic E-state index is -3.27. The van der Waals surface area contributed by atoms with Gasteiger partial charge < -0.3 is 9.88 Å². The van der Waals surface area contributed by atoms with Crippen molar-refractivity contribution in [3.05, 3.63) is 58.5 Å². The summed E-state index contributed by atoms with van der Waals surface area (Å²) in [4.78, 5) is 23.6. The highest BCUT2D eigenvalue weighted by Crippen LogP contribution is 2.14. The molecule has 0 aliphatic carbocycles. The van der Waals surface area contributed by atoms with Crippen molar-refractivity contribution in [1.82, 2.24) is 4.57 Å². The van der Waals surface area contributed by atoms with Gasteiger partial charge in [0.05, 0.1) is 4.90 Å². The number of rotatable bonds is 3. The highest BCUT2D eigenvalue weighted by molar-refractivity contribution is 7.90. The second-order valence-electron chi connectivity index (χ2n) is 4.62. The fourth-order valence-corrected chi connectivity index (χ4v) is 2.31. The molecule has 0 saturated heterocycles. The maximum absolute atomic E-state index is 12.0. The van der Waals surface area contributed by atoms with Crippen LogP contribution in [0.3, 0.4) is 0 Å². The summed E-state index contributed by atoms with van der Waals surface area (Å²) in [6.07, 6.45) is 2.62. The first-order valence-electron chi connectivity index (χ1n) is 6.05. The first-order valence-corrected chi connectivity index (χ1v) is 7.95. The Morgan fingerprint density at radius 2 is 1.76 bits per heavy atom. The third-order valence-corrected chi connectivity index (χ3v) is 4.04. The van der Waals surface area contributed by atoms with Gasteiger partial charge in [0.1, 0.15) is 0 Å². The van der Waals surface area contributed by atoms with Crippen LogP contribution < -0.4 is 10.9 Å². The molecule has 1 aromatic carbocycles. The molecule has 0 spiro atoms. The van der Waals surface area contributed by atoms with Crippen molar-refractivity contribution in [3.8, 4) is 0 Å². The lowest BCUT2D eigenvalue weighted by Gasteiger charge is -2.06. The SMILES string of the molecule is Cn1ccc(C(=O)Nc2ccc(S(C)(=O)=O)cc2)cc1=O. The minimum Gasteiger partial charge on any atom is -0.322 e.